The van der Waals surface area contributed by atoms with E-state index in [0.717, 1.165) is 24.1 Å². The molecule has 2 nitrogen and oxygen atoms in total. The molecule has 0 saturated carbocycles. The second kappa shape index (κ2) is 10.7. The first-order chi connectivity index (χ1) is 14.9. The Hall–Kier alpha value is -2.82. The molecule has 0 aliphatic heterocycles. The summed E-state index contributed by atoms with van der Waals surface area (Å²) in [7, 11) is 0. The standard InChI is InChI=1S/C27H31F3O2/c1-19(14-15-24-21(3)11-8-16-26(24,4)5)9-6-10-20(2)17-25(31)32-23-13-7-12-22(18-23)27(28,29)30/h6-7,9-10,12-15,17-18H,8,11,16H2,1-5H3. The highest BCUT2D eigenvalue weighted by Gasteiger charge is 2.30. The van der Waals surface area contributed by atoms with E-state index in [4.69, 9.17) is 4.74 Å². The summed E-state index contributed by atoms with van der Waals surface area (Å²) in [5.74, 6) is -0.872. The van der Waals surface area contributed by atoms with Crippen molar-refractivity contribution in [2.24, 2.45) is 5.41 Å². The van der Waals surface area contributed by atoms with Crippen molar-refractivity contribution in [1.82, 2.24) is 0 Å². The third-order valence-electron chi connectivity index (χ3n) is 5.50. The Morgan fingerprint density at radius 3 is 2.50 bits per heavy atom. The monoisotopic (exact) mass is 444 g/mol. The molecule has 1 aromatic carbocycles. The van der Waals surface area contributed by atoms with Gasteiger partial charge in [0, 0.05) is 6.08 Å². The quantitative estimate of drug-likeness (QED) is 0.192. The Balaban J connectivity index is 1.99. The molecule has 0 radical (unpaired) electrons. The van der Waals surface area contributed by atoms with Crippen molar-refractivity contribution in [3.05, 3.63) is 88.6 Å². The number of hydrogen-bond acceptors (Lipinski definition) is 2. The van der Waals surface area contributed by atoms with Crippen molar-refractivity contribution < 1.29 is 22.7 Å². The van der Waals surface area contributed by atoms with Crippen LogP contribution in [0.5, 0.6) is 5.75 Å². The van der Waals surface area contributed by atoms with E-state index in [1.165, 1.54) is 42.2 Å². The summed E-state index contributed by atoms with van der Waals surface area (Å²) in [6.45, 7) is 10.5. The molecule has 0 saturated heterocycles. The van der Waals surface area contributed by atoms with E-state index >= 15 is 0 Å². The van der Waals surface area contributed by atoms with Crippen LogP contribution in [0.25, 0.3) is 0 Å². The number of rotatable bonds is 6. The SMILES string of the molecule is CC(C=CC1=C(C)CCCC1(C)C)=CC=CC(C)=CC(=O)Oc1cccc(C(F)(F)F)c1. The molecule has 0 unspecified atom stereocenters. The summed E-state index contributed by atoms with van der Waals surface area (Å²) in [5, 5.41) is 0. The highest BCUT2D eigenvalue weighted by atomic mass is 19.4. The van der Waals surface area contributed by atoms with Gasteiger partial charge >= 0.3 is 12.1 Å². The fourth-order valence-electron chi connectivity index (χ4n) is 3.75. The molecule has 1 aromatic rings. The molecule has 5 heteroatoms. The van der Waals surface area contributed by atoms with E-state index < -0.39 is 17.7 Å². The molecule has 172 valence electrons. The number of ether oxygens (including phenoxy) is 1. The molecular weight excluding hydrogens is 413 g/mol. The highest BCUT2D eigenvalue weighted by molar-refractivity contribution is 5.85. The van der Waals surface area contributed by atoms with E-state index in [0.29, 0.717) is 5.57 Å². The predicted octanol–water partition coefficient (Wildman–Crippen LogP) is 8.14. The maximum absolute atomic E-state index is 12.8. The van der Waals surface area contributed by atoms with Gasteiger partial charge in [0.25, 0.3) is 0 Å². The first-order valence-electron chi connectivity index (χ1n) is 10.7. The van der Waals surface area contributed by atoms with Gasteiger partial charge in [0.1, 0.15) is 5.75 Å². The van der Waals surface area contributed by atoms with E-state index in [1.807, 2.05) is 19.1 Å². The lowest BCUT2D eigenvalue weighted by Gasteiger charge is -2.32. The second-order valence-corrected chi connectivity index (χ2v) is 8.87. The Bertz CT molecular complexity index is 986. The lowest BCUT2D eigenvalue weighted by Crippen LogP contribution is -2.19. The Kier molecular flexibility index (Phi) is 8.48. The van der Waals surface area contributed by atoms with Gasteiger partial charge in [-0.3, -0.25) is 0 Å². The van der Waals surface area contributed by atoms with E-state index in [9.17, 15) is 18.0 Å². The van der Waals surface area contributed by atoms with Gasteiger partial charge in [0.15, 0.2) is 0 Å². The molecule has 2 rings (SSSR count). The fraction of sp³-hybridized carbons (Fsp3) is 0.370. The van der Waals surface area contributed by atoms with Crippen LogP contribution in [0.15, 0.2) is 83.0 Å². The molecule has 0 fully saturated rings. The minimum absolute atomic E-state index is 0.144. The molecule has 0 spiro atoms. The summed E-state index contributed by atoms with van der Waals surface area (Å²) >= 11 is 0. The molecule has 0 aromatic heterocycles. The van der Waals surface area contributed by atoms with Crippen LogP contribution in [-0.2, 0) is 11.0 Å². The third kappa shape index (κ3) is 7.70. The summed E-state index contributed by atoms with van der Waals surface area (Å²) in [6.07, 6.45) is 10.1. The van der Waals surface area contributed by atoms with Crippen LogP contribution >= 0.6 is 0 Å². The molecule has 0 heterocycles. The Labute approximate surface area is 188 Å². The molecular formula is C27H31F3O2. The Morgan fingerprint density at radius 2 is 1.84 bits per heavy atom. The highest BCUT2D eigenvalue weighted by Crippen LogP contribution is 2.40. The maximum Gasteiger partial charge on any atom is 0.416 e. The molecule has 0 amide bonds. The molecule has 32 heavy (non-hydrogen) atoms. The van der Waals surface area contributed by atoms with Crippen molar-refractivity contribution >= 4 is 5.97 Å². The van der Waals surface area contributed by atoms with Crippen LogP contribution in [0.1, 0.15) is 59.4 Å². The zero-order valence-electron chi connectivity index (χ0n) is 19.3. The van der Waals surface area contributed by atoms with E-state index in [-0.39, 0.29) is 11.2 Å². The topological polar surface area (TPSA) is 26.3 Å². The molecule has 1 aliphatic rings. The van der Waals surface area contributed by atoms with Gasteiger partial charge in [0.05, 0.1) is 5.56 Å². The van der Waals surface area contributed by atoms with Gasteiger partial charge < -0.3 is 4.74 Å². The number of benzene rings is 1. The molecule has 0 N–H and O–H groups in total. The zero-order valence-corrected chi connectivity index (χ0v) is 19.3. The van der Waals surface area contributed by atoms with Gasteiger partial charge in [-0.25, -0.2) is 4.79 Å². The van der Waals surface area contributed by atoms with Gasteiger partial charge in [-0.15, -0.1) is 0 Å². The first-order valence-corrected chi connectivity index (χ1v) is 10.7. The summed E-state index contributed by atoms with van der Waals surface area (Å²) < 4.78 is 43.3. The van der Waals surface area contributed by atoms with E-state index in [1.54, 1.807) is 13.0 Å². The van der Waals surface area contributed by atoms with Crippen LogP contribution in [-0.4, -0.2) is 5.97 Å². The number of alkyl halides is 3. The number of esters is 1. The van der Waals surface area contributed by atoms with Crippen molar-refractivity contribution in [2.75, 3.05) is 0 Å². The van der Waals surface area contributed by atoms with Crippen molar-refractivity contribution in [3.63, 3.8) is 0 Å². The minimum Gasteiger partial charge on any atom is -0.423 e. The van der Waals surface area contributed by atoms with Crippen LogP contribution in [0.3, 0.4) is 0 Å². The van der Waals surface area contributed by atoms with Crippen molar-refractivity contribution in [3.8, 4) is 5.75 Å². The fourth-order valence-corrected chi connectivity index (χ4v) is 3.75. The number of allylic oxidation sites excluding steroid dienone is 9. The van der Waals surface area contributed by atoms with Gasteiger partial charge in [-0.2, -0.15) is 13.2 Å². The minimum atomic E-state index is -4.49. The van der Waals surface area contributed by atoms with Crippen LogP contribution in [0.4, 0.5) is 13.2 Å². The molecule has 0 bridgehead atoms. The Morgan fingerprint density at radius 1 is 1.12 bits per heavy atom. The second-order valence-electron chi connectivity index (χ2n) is 8.87. The lowest BCUT2D eigenvalue weighted by molar-refractivity contribution is -0.138. The lowest BCUT2D eigenvalue weighted by atomic mass is 9.72. The summed E-state index contributed by atoms with van der Waals surface area (Å²) in [4.78, 5) is 12.0. The largest absolute Gasteiger partial charge is 0.423 e. The maximum atomic E-state index is 12.8. The van der Waals surface area contributed by atoms with Gasteiger partial charge in [0.2, 0.25) is 0 Å². The average molecular weight is 445 g/mol. The number of carbonyl (C=O) groups is 1. The summed E-state index contributed by atoms with van der Waals surface area (Å²) in [6, 6.07) is 4.25. The van der Waals surface area contributed by atoms with Crippen LogP contribution in [0.2, 0.25) is 0 Å². The van der Waals surface area contributed by atoms with Crippen LogP contribution < -0.4 is 4.74 Å². The van der Waals surface area contributed by atoms with Gasteiger partial charge in [-0.1, -0.05) is 61.4 Å². The van der Waals surface area contributed by atoms with Crippen molar-refractivity contribution in [2.45, 2.75) is 60.1 Å². The first kappa shape index (κ1) is 25.4. The zero-order chi connectivity index (χ0) is 23.9. The van der Waals surface area contributed by atoms with E-state index in [2.05, 4.69) is 32.9 Å². The van der Waals surface area contributed by atoms with Gasteiger partial charge in [-0.05, 0) is 74.8 Å². The third-order valence-corrected chi connectivity index (χ3v) is 5.50. The number of carbonyl (C=O) groups excluding carboxylic acids is 1. The average Bonchev–Trinajstić information content (AvgIpc) is 2.66. The number of hydrogen-bond donors (Lipinski definition) is 0. The molecule has 1 aliphatic carbocycles. The molecule has 0 atom stereocenters. The van der Waals surface area contributed by atoms with Crippen molar-refractivity contribution in [1.29, 1.82) is 0 Å². The van der Waals surface area contributed by atoms with Crippen LogP contribution in [0, 0.1) is 5.41 Å². The number of halogens is 3. The normalized spacial score (nSPS) is 18.0. The smallest absolute Gasteiger partial charge is 0.416 e. The summed E-state index contributed by atoms with van der Waals surface area (Å²) in [5.41, 5.74) is 3.87. The predicted molar refractivity (Wildman–Crippen MR) is 123 cm³/mol.